The van der Waals surface area contributed by atoms with Crippen molar-refractivity contribution in [1.29, 1.82) is 0 Å². The van der Waals surface area contributed by atoms with Crippen molar-refractivity contribution in [2.75, 3.05) is 11.9 Å². The number of nitrogens with one attached hydrogen (secondary N) is 2. The Labute approximate surface area is 116 Å². The molecule has 1 aliphatic rings. The molecule has 1 aromatic heterocycles. The maximum Gasteiger partial charge on any atom is 0.242 e. The molecule has 1 aliphatic heterocycles. The lowest BCUT2D eigenvalue weighted by atomic mass is 10.1. The van der Waals surface area contributed by atoms with Gasteiger partial charge in [0.2, 0.25) is 11.8 Å². The zero-order valence-corrected chi connectivity index (χ0v) is 11.2. The summed E-state index contributed by atoms with van der Waals surface area (Å²) in [5.74, 6) is 1.16. The summed E-state index contributed by atoms with van der Waals surface area (Å²) in [4.78, 5) is 16.2. The molecule has 0 fully saturated rings. The first-order valence-electron chi connectivity index (χ1n) is 6.64. The Morgan fingerprint density at radius 1 is 1.50 bits per heavy atom. The van der Waals surface area contributed by atoms with E-state index < -0.39 is 0 Å². The van der Waals surface area contributed by atoms with Gasteiger partial charge in [-0.1, -0.05) is 23.4 Å². The molecule has 6 nitrogen and oxygen atoms in total. The van der Waals surface area contributed by atoms with Crippen LogP contribution in [0.2, 0.25) is 0 Å². The van der Waals surface area contributed by atoms with Gasteiger partial charge in [0.15, 0.2) is 5.82 Å². The highest BCUT2D eigenvalue weighted by Gasteiger charge is 2.25. The Kier molecular flexibility index (Phi) is 3.37. The average molecular weight is 272 g/mol. The molecule has 2 heterocycles. The summed E-state index contributed by atoms with van der Waals surface area (Å²) in [6, 6.07) is 7.78. The number of aromatic nitrogens is 2. The summed E-state index contributed by atoms with van der Waals surface area (Å²) in [6.45, 7) is 2.25. The zero-order chi connectivity index (χ0) is 13.9. The van der Waals surface area contributed by atoms with E-state index in [-0.39, 0.29) is 11.9 Å². The molecule has 3 rings (SSSR count). The van der Waals surface area contributed by atoms with Crippen LogP contribution in [0.4, 0.5) is 5.69 Å². The van der Waals surface area contributed by atoms with Gasteiger partial charge in [0, 0.05) is 32.0 Å². The molecule has 0 saturated heterocycles. The number of hydrogen-bond acceptors (Lipinski definition) is 5. The standard InChI is InChI=1S/C14H16N4O2/c1-9-16-13(18-20-9)6-7-15-14(19)12-8-10-4-2-3-5-11(10)17-12/h2-5,12,17H,6-8H2,1H3,(H,15,19)/t12-/m0/s1. The minimum absolute atomic E-state index is 0.00131. The van der Waals surface area contributed by atoms with Crippen LogP contribution in [-0.2, 0) is 17.6 Å². The fourth-order valence-electron chi connectivity index (χ4n) is 2.32. The molecule has 1 amide bonds. The highest BCUT2D eigenvalue weighted by atomic mass is 16.5. The Morgan fingerprint density at radius 2 is 2.35 bits per heavy atom. The second-order valence-electron chi connectivity index (χ2n) is 4.83. The third-order valence-electron chi connectivity index (χ3n) is 3.31. The lowest BCUT2D eigenvalue weighted by Gasteiger charge is -2.11. The lowest BCUT2D eigenvalue weighted by Crippen LogP contribution is -2.39. The van der Waals surface area contributed by atoms with E-state index in [4.69, 9.17) is 4.52 Å². The number of nitrogens with zero attached hydrogens (tertiary/aromatic N) is 2. The fourth-order valence-corrected chi connectivity index (χ4v) is 2.32. The first kappa shape index (κ1) is 12.7. The number of aryl methyl sites for hydroxylation is 1. The van der Waals surface area contributed by atoms with E-state index in [9.17, 15) is 4.79 Å². The highest BCUT2D eigenvalue weighted by molar-refractivity contribution is 5.87. The monoisotopic (exact) mass is 272 g/mol. The van der Waals surface area contributed by atoms with Crippen molar-refractivity contribution in [1.82, 2.24) is 15.5 Å². The van der Waals surface area contributed by atoms with Crippen LogP contribution in [0.25, 0.3) is 0 Å². The number of anilines is 1. The van der Waals surface area contributed by atoms with Gasteiger partial charge in [0.25, 0.3) is 0 Å². The molecule has 1 aromatic carbocycles. The van der Waals surface area contributed by atoms with Gasteiger partial charge in [-0.25, -0.2) is 0 Å². The Balaban J connectivity index is 1.49. The second kappa shape index (κ2) is 5.32. The SMILES string of the molecule is Cc1nc(CCNC(=O)[C@@H]2Cc3ccccc3N2)no1. The van der Waals surface area contributed by atoms with Crippen LogP contribution in [-0.4, -0.2) is 28.6 Å². The first-order valence-corrected chi connectivity index (χ1v) is 6.64. The van der Waals surface area contributed by atoms with Gasteiger partial charge < -0.3 is 15.2 Å². The number of amides is 1. The fraction of sp³-hybridized carbons (Fsp3) is 0.357. The Bertz CT molecular complexity index is 598. The predicted molar refractivity (Wildman–Crippen MR) is 73.3 cm³/mol. The maximum absolute atomic E-state index is 12.1. The molecule has 0 saturated carbocycles. The van der Waals surface area contributed by atoms with Crippen LogP contribution in [0.3, 0.4) is 0 Å². The van der Waals surface area contributed by atoms with Gasteiger partial charge in [-0.3, -0.25) is 4.79 Å². The van der Waals surface area contributed by atoms with Gasteiger partial charge in [-0.05, 0) is 11.6 Å². The van der Waals surface area contributed by atoms with Crippen LogP contribution in [0.5, 0.6) is 0 Å². The minimum Gasteiger partial charge on any atom is -0.373 e. The number of fused-ring (bicyclic) bond motifs is 1. The first-order chi connectivity index (χ1) is 9.72. The van der Waals surface area contributed by atoms with Gasteiger partial charge in [-0.2, -0.15) is 4.98 Å². The molecule has 0 spiro atoms. The summed E-state index contributed by atoms with van der Waals surface area (Å²) in [5.41, 5.74) is 2.22. The van der Waals surface area contributed by atoms with Crippen LogP contribution in [0.1, 0.15) is 17.3 Å². The van der Waals surface area contributed by atoms with Gasteiger partial charge >= 0.3 is 0 Å². The molecule has 0 radical (unpaired) electrons. The van der Waals surface area contributed by atoms with Gasteiger partial charge in [0.1, 0.15) is 6.04 Å². The van der Waals surface area contributed by atoms with E-state index in [2.05, 4.69) is 20.8 Å². The van der Waals surface area contributed by atoms with Crippen molar-refractivity contribution < 1.29 is 9.32 Å². The molecule has 2 aromatic rings. The largest absolute Gasteiger partial charge is 0.373 e. The molecular formula is C14H16N4O2. The van der Waals surface area contributed by atoms with E-state index >= 15 is 0 Å². The van der Waals surface area contributed by atoms with Crippen molar-refractivity contribution >= 4 is 11.6 Å². The number of hydrogen-bond donors (Lipinski definition) is 2. The summed E-state index contributed by atoms with van der Waals surface area (Å²) < 4.78 is 4.88. The number of carbonyl (C=O) groups excluding carboxylic acids is 1. The van der Waals surface area contributed by atoms with Crippen LogP contribution in [0, 0.1) is 6.92 Å². The normalized spacial score (nSPS) is 16.6. The number of para-hydroxylation sites is 1. The molecule has 1 atom stereocenters. The maximum atomic E-state index is 12.1. The highest BCUT2D eigenvalue weighted by Crippen LogP contribution is 2.24. The van der Waals surface area contributed by atoms with E-state index in [1.54, 1.807) is 6.92 Å². The van der Waals surface area contributed by atoms with Gasteiger partial charge in [-0.15, -0.1) is 0 Å². The average Bonchev–Trinajstić information content (AvgIpc) is 3.04. The smallest absolute Gasteiger partial charge is 0.242 e. The third-order valence-corrected chi connectivity index (χ3v) is 3.31. The van der Waals surface area contributed by atoms with Crippen molar-refractivity contribution in [3.63, 3.8) is 0 Å². The minimum atomic E-state index is -0.195. The predicted octanol–water partition coefficient (Wildman–Crippen LogP) is 1.07. The number of benzene rings is 1. The molecule has 0 aliphatic carbocycles. The van der Waals surface area contributed by atoms with E-state index in [1.807, 2.05) is 24.3 Å². The van der Waals surface area contributed by atoms with Crippen LogP contribution >= 0.6 is 0 Å². The van der Waals surface area contributed by atoms with E-state index in [0.29, 0.717) is 24.7 Å². The molecule has 2 N–H and O–H groups in total. The van der Waals surface area contributed by atoms with Crippen LogP contribution in [0.15, 0.2) is 28.8 Å². The molecular weight excluding hydrogens is 256 g/mol. The van der Waals surface area contributed by atoms with Crippen LogP contribution < -0.4 is 10.6 Å². The summed E-state index contributed by atoms with van der Waals surface area (Å²) in [7, 11) is 0. The zero-order valence-electron chi connectivity index (χ0n) is 11.2. The quantitative estimate of drug-likeness (QED) is 0.870. The Morgan fingerprint density at radius 3 is 3.10 bits per heavy atom. The molecule has 104 valence electrons. The molecule has 0 unspecified atom stereocenters. The molecule has 6 heteroatoms. The molecule has 20 heavy (non-hydrogen) atoms. The number of carbonyl (C=O) groups is 1. The van der Waals surface area contributed by atoms with Gasteiger partial charge in [0.05, 0.1) is 0 Å². The lowest BCUT2D eigenvalue weighted by molar-refractivity contribution is -0.121. The second-order valence-corrected chi connectivity index (χ2v) is 4.83. The third kappa shape index (κ3) is 2.64. The summed E-state index contributed by atoms with van der Waals surface area (Å²) >= 11 is 0. The van der Waals surface area contributed by atoms with E-state index in [1.165, 1.54) is 5.56 Å². The van der Waals surface area contributed by atoms with Crippen molar-refractivity contribution in [3.8, 4) is 0 Å². The molecule has 0 bridgehead atoms. The van der Waals surface area contributed by atoms with E-state index in [0.717, 1.165) is 12.1 Å². The van der Waals surface area contributed by atoms with Crippen molar-refractivity contribution in [2.24, 2.45) is 0 Å². The van der Waals surface area contributed by atoms with Crippen molar-refractivity contribution in [2.45, 2.75) is 25.8 Å². The topological polar surface area (TPSA) is 80.0 Å². The Hall–Kier alpha value is -2.37. The number of rotatable bonds is 4. The van der Waals surface area contributed by atoms with Crippen molar-refractivity contribution in [3.05, 3.63) is 41.5 Å². The summed E-state index contributed by atoms with van der Waals surface area (Å²) in [6.07, 6.45) is 1.30. The summed E-state index contributed by atoms with van der Waals surface area (Å²) in [5, 5.41) is 9.91.